The van der Waals surface area contributed by atoms with E-state index in [-0.39, 0.29) is 12.6 Å². The van der Waals surface area contributed by atoms with Crippen LogP contribution in [0.2, 0.25) is 0 Å². The quantitative estimate of drug-likeness (QED) is 0.782. The second-order valence-electron chi connectivity index (χ2n) is 3.79. The molecule has 0 fully saturated rings. The number of aromatic nitrogens is 1. The molecule has 0 bridgehead atoms. The molecule has 0 saturated carbocycles. The smallest absolute Gasteiger partial charge is 0.303 e. The summed E-state index contributed by atoms with van der Waals surface area (Å²) in [5, 5.41) is 2.87. The molecule has 0 aliphatic heterocycles. The maximum Gasteiger partial charge on any atom is 0.303 e. The van der Waals surface area contributed by atoms with Crippen LogP contribution in [0.4, 0.5) is 0 Å². The Morgan fingerprint density at radius 1 is 1.47 bits per heavy atom. The van der Waals surface area contributed by atoms with Crippen LogP contribution < -0.4 is 0 Å². The molecule has 0 atom stereocenters. The van der Waals surface area contributed by atoms with Crippen molar-refractivity contribution in [3.05, 3.63) is 40.9 Å². The number of benzene rings is 1. The minimum Gasteiger partial charge on any atom is -0.459 e. The van der Waals surface area contributed by atoms with Crippen molar-refractivity contribution in [2.75, 3.05) is 0 Å². The van der Waals surface area contributed by atoms with Crippen LogP contribution in [0, 0.1) is 6.92 Å². The van der Waals surface area contributed by atoms with E-state index in [1.165, 1.54) is 12.5 Å². The lowest BCUT2D eigenvalue weighted by molar-refractivity contribution is -0.142. The van der Waals surface area contributed by atoms with Crippen LogP contribution in [0.25, 0.3) is 10.6 Å². The molecule has 3 nitrogen and oxygen atoms in total. The van der Waals surface area contributed by atoms with E-state index in [0.29, 0.717) is 0 Å². The first kappa shape index (κ1) is 11.8. The predicted octanol–water partition coefficient (Wildman–Crippen LogP) is 3.18. The van der Waals surface area contributed by atoms with Gasteiger partial charge in [0.25, 0.3) is 0 Å². The molecule has 0 saturated heterocycles. The third-order valence-corrected chi connectivity index (χ3v) is 3.18. The second kappa shape index (κ2) is 5.10. The van der Waals surface area contributed by atoms with E-state index in [1.54, 1.807) is 11.3 Å². The molecule has 0 amide bonds. The molecule has 0 radical (unpaired) electrons. The molecule has 17 heavy (non-hydrogen) atoms. The Morgan fingerprint density at radius 3 is 3.00 bits per heavy atom. The summed E-state index contributed by atoms with van der Waals surface area (Å²) in [5.41, 5.74) is 3.10. The lowest BCUT2D eigenvalue weighted by atomic mass is 10.1. The van der Waals surface area contributed by atoms with Crippen LogP contribution in [0.1, 0.15) is 18.2 Å². The summed E-state index contributed by atoms with van der Waals surface area (Å²) >= 11 is 1.56. The number of carbonyl (C=O) groups is 1. The average Bonchev–Trinajstić information content (AvgIpc) is 2.75. The minimum atomic E-state index is -0.282. The number of hydrogen-bond donors (Lipinski definition) is 0. The van der Waals surface area contributed by atoms with Crippen LogP contribution in [-0.4, -0.2) is 11.0 Å². The SMILES string of the molecule is CC(=O)OCc1csc(-c2cccc(C)c2)n1. The number of rotatable bonds is 3. The number of esters is 1. The fraction of sp³-hybridized carbons (Fsp3) is 0.231. The van der Waals surface area contributed by atoms with Crippen LogP contribution in [0.15, 0.2) is 29.6 Å². The standard InChI is InChI=1S/C13H13NO2S/c1-9-4-3-5-11(6-9)13-14-12(8-17-13)7-16-10(2)15/h3-6,8H,7H2,1-2H3. The molecule has 1 aromatic carbocycles. The third-order valence-electron chi connectivity index (χ3n) is 2.24. The molecule has 0 aliphatic carbocycles. The van der Waals surface area contributed by atoms with Gasteiger partial charge in [-0.1, -0.05) is 23.8 Å². The fourth-order valence-electron chi connectivity index (χ4n) is 1.46. The van der Waals surface area contributed by atoms with Crippen LogP contribution >= 0.6 is 11.3 Å². The lowest BCUT2D eigenvalue weighted by Crippen LogP contribution is -1.98. The van der Waals surface area contributed by atoms with Gasteiger partial charge < -0.3 is 4.74 Å². The second-order valence-corrected chi connectivity index (χ2v) is 4.65. The Kier molecular flexibility index (Phi) is 3.54. The van der Waals surface area contributed by atoms with E-state index in [4.69, 9.17) is 4.74 Å². The first-order chi connectivity index (χ1) is 8.15. The molecule has 2 rings (SSSR count). The van der Waals surface area contributed by atoms with Crippen molar-refractivity contribution in [2.24, 2.45) is 0 Å². The summed E-state index contributed by atoms with van der Waals surface area (Å²) in [5.74, 6) is -0.282. The van der Waals surface area contributed by atoms with Gasteiger partial charge in [0.1, 0.15) is 11.6 Å². The number of ether oxygens (including phenoxy) is 1. The number of carbonyl (C=O) groups excluding carboxylic acids is 1. The first-order valence-corrected chi connectivity index (χ1v) is 6.18. The first-order valence-electron chi connectivity index (χ1n) is 5.30. The zero-order valence-corrected chi connectivity index (χ0v) is 10.6. The van der Waals surface area contributed by atoms with Crippen molar-refractivity contribution < 1.29 is 9.53 Å². The highest BCUT2D eigenvalue weighted by Gasteiger charge is 2.05. The summed E-state index contributed by atoms with van der Waals surface area (Å²) in [4.78, 5) is 15.1. The van der Waals surface area contributed by atoms with Gasteiger partial charge in [-0.15, -0.1) is 11.3 Å². The van der Waals surface area contributed by atoms with E-state index < -0.39 is 0 Å². The highest BCUT2D eigenvalue weighted by Crippen LogP contribution is 2.24. The largest absolute Gasteiger partial charge is 0.459 e. The monoisotopic (exact) mass is 247 g/mol. The van der Waals surface area contributed by atoms with E-state index in [1.807, 2.05) is 17.5 Å². The highest BCUT2D eigenvalue weighted by molar-refractivity contribution is 7.13. The Morgan fingerprint density at radius 2 is 2.29 bits per heavy atom. The van der Waals surface area contributed by atoms with Gasteiger partial charge in [-0.3, -0.25) is 4.79 Å². The molecule has 4 heteroatoms. The van der Waals surface area contributed by atoms with Crippen LogP contribution in [-0.2, 0) is 16.1 Å². The zero-order chi connectivity index (χ0) is 12.3. The van der Waals surface area contributed by atoms with Crippen LogP contribution in [0.5, 0.6) is 0 Å². The average molecular weight is 247 g/mol. The van der Waals surface area contributed by atoms with Crippen molar-refractivity contribution in [2.45, 2.75) is 20.5 Å². The third kappa shape index (κ3) is 3.14. The van der Waals surface area contributed by atoms with E-state index in [2.05, 4.69) is 24.0 Å². The minimum absolute atomic E-state index is 0.248. The Balaban J connectivity index is 2.15. The molecule has 88 valence electrons. The van der Waals surface area contributed by atoms with Crippen molar-refractivity contribution in [3.63, 3.8) is 0 Å². The van der Waals surface area contributed by atoms with Crippen LogP contribution in [0.3, 0.4) is 0 Å². The van der Waals surface area contributed by atoms with Gasteiger partial charge in [0.2, 0.25) is 0 Å². The van der Waals surface area contributed by atoms with Crippen molar-refractivity contribution in [1.29, 1.82) is 0 Å². The van der Waals surface area contributed by atoms with Gasteiger partial charge >= 0.3 is 5.97 Å². The highest BCUT2D eigenvalue weighted by atomic mass is 32.1. The molecule has 0 aliphatic rings. The topological polar surface area (TPSA) is 39.2 Å². The molecular formula is C13H13NO2S. The molecule has 0 unspecified atom stereocenters. The molecule has 0 spiro atoms. The van der Waals surface area contributed by atoms with E-state index in [9.17, 15) is 4.79 Å². The number of aryl methyl sites for hydroxylation is 1. The molecule has 0 N–H and O–H groups in total. The van der Waals surface area contributed by atoms with Crippen molar-refractivity contribution in [1.82, 2.24) is 4.98 Å². The summed E-state index contributed by atoms with van der Waals surface area (Å²) < 4.78 is 4.91. The van der Waals surface area contributed by atoms with Gasteiger partial charge in [-0.25, -0.2) is 4.98 Å². The normalized spacial score (nSPS) is 10.2. The Hall–Kier alpha value is -1.68. The Labute approximate surface area is 104 Å². The number of hydrogen-bond acceptors (Lipinski definition) is 4. The lowest BCUT2D eigenvalue weighted by Gasteiger charge is -1.98. The maximum absolute atomic E-state index is 10.7. The molecule has 2 aromatic rings. The van der Waals surface area contributed by atoms with Crippen molar-refractivity contribution in [3.8, 4) is 10.6 Å². The zero-order valence-electron chi connectivity index (χ0n) is 9.77. The fourth-order valence-corrected chi connectivity index (χ4v) is 2.26. The molecule has 1 heterocycles. The predicted molar refractivity (Wildman–Crippen MR) is 67.8 cm³/mol. The summed E-state index contributed by atoms with van der Waals surface area (Å²) in [6.45, 7) is 3.70. The maximum atomic E-state index is 10.7. The number of nitrogens with zero attached hydrogens (tertiary/aromatic N) is 1. The van der Waals surface area contributed by atoms with E-state index >= 15 is 0 Å². The summed E-state index contributed by atoms with van der Waals surface area (Å²) in [6.07, 6.45) is 0. The summed E-state index contributed by atoms with van der Waals surface area (Å²) in [7, 11) is 0. The van der Waals surface area contributed by atoms with Gasteiger partial charge in [0, 0.05) is 17.9 Å². The molecule has 1 aromatic heterocycles. The van der Waals surface area contributed by atoms with E-state index in [0.717, 1.165) is 16.3 Å². The Bertz CT molecular complexity index is 534. The van der Waals surface area contributed by atoms with Gasteiger partial charge in [-0.2, -0.15) is 0 Å². The van der Waals surface area contributed by atoms with Gasteiger partial charge in [-0.05, 0) is 13.0 Å². The van der Waals surface area contributed by atoms with Crippen molar-refractivity contribution >= 4 is 17.3 Å². The van der Waals surface area contributed by atoms with Gasteiger partial charge in [0.15, 0.2) is 0 Å². The summed E-state index contributed by atoms with van der Waals surface area (Å²) in [6, 6.07) is 8.19. The number of thiazole rings is 1. The van der Waals surface area contributed by atoms with Gasteiger partial charge in [0.05, 0.1) is 5.69 Å². The molecular weight excluding hydrogens is 234 g/mol.